The fourth-order valence-corrected chi connectivity index (χ4v) is 2.10. The molecule has 0 heterocycles. The Hall–Kier alpha value is -2.04. The van der Waals surface area contributed by atoms with Crippen LogP contribution in [-0.2, 0) is 16.1 Å². The summed E-state index contributed by atoms with van der Waals surface area (Å²) in [5, 5.41) is 3.40. The molecule has 2 rings (SSSR count). The molecule has 0 radical (unpaired) electrons. The summed E-state index contributed by atoms with van der Waals surface area (Å²) < 4.78 is 11.1. The van der Waals surface area contributed by atoms with Crippen LogP contribution in [0, 0.1) is 0 Å². The molecule has 2 aromatic carbocycles. The highest BCUT2D eigenvalue weighted by molar-refractivity contribution is 6.30. The molecule has 0 aliphatic carbocycles. The van der Waals surface area contributed by atoms with E-state index in [0.29, 0.717) is 30.5 Å². The van der Waals surface area contributed by atoms with Crippen LogP contribution in [0.2, 0.25) is 5.02 Å². The van der Waals surface area contributed by atoms with E-state index in [9.17, 15) is 4.79 Å². The lowest BCUT2D eigenvalue weighted by molar-refractivity contribution is -0.132. The number of ether oxygens (including phenoxy) is 2. The molecular weight excluding hydrogens is 314 g/mol. The smallest absolute Gasteiger partial charge is 0.248 e. The Bertz CT molecular complexity index is 619. The van der Waals surface area contributed by atoms with Crippen LogP contribution in [0.15, 0.2) is 54.6 Å². The van der Waals surface area contributed by atoms with E-state index in [1.54, 1.807) is 19.1 Å². The van der Waals surface area contributed by atoms with Crippen molar-refractivity contribution in [1.82, 2.24) is 5.32 Å². The molecule has 23 heavy (non-hydrogen) atoms. The third kappa shape index (κ3) is 6.30. The van der Waals surface area contributed by atoms with Crippen LogP contribution in [0.5, 0.6) is 5.75 Å². The normalized spacial score (nSPS) is 11.7. The van der Waals surface area contributed by atoms with E-state index < -0.39 is 6.10 Å². The van der Waals surface area contributed by atoms with Gasteiger partial charge in [0.25, 0.3) is 0 Å². The van der Waals surface area contributed by atoms with Gasteiger partial charge in [-0.2, -0.15) is 0 Å². The molecule has 1 unspecified atom stereocenters. The van der Waals surface area contributed by atoms with Gasteiger partial charge in [0.15, 0.2) is 0 Å². The van der Waals surface area contributed by atoms with Gasteiger partial charge in [0.2, 0.25) is 5.91 Å². The number of hydrogen-bond acceptors (Lipinski definition) is 3. The third-order valence-corrected chi connectivity index (χ3v) is 3.41. The predicted octanol–water partition coefficient (Wildman–Crippen LogP) is 3.44. The van der Waals surface area contributed by atoms with Crippen molar-refractivity contribution < 1.29 is 14.3 Å². The second-order valence-corrected chi connectivity index (χ2v) is 5.47. The Labute approximate surface area is 141 Å². The number of rotatable bonds is 8. The number of carbonyl (C=O) groups is 1. The fraction of sp³-hybridized carbons (Fsp3) is 0.278. The number of hydrogen-bond donors (Lipinski definition) is 1. The van der Waals surface area contributed by atoms with Gasteiger partial charge in [0.1, 0.15) is 18.5 Å². The van der Waals surface area contributed by atoms with E-state index in [0.717, 1.165) is 5.56 Å². The van der Waals surface area contributed by atoms with Crippen molar-refractivity contribution in [2.75, 3.05) is 13.2 Å². The lowest BCUT2D eigenvalue weighted by atomic mass is 10.2. The average Bonchev–Trinajstić information content (AvgIpc) is 2.57. The zero-order valence-corrected chi connectivity index (χ0v) is 13.8. The molecule has 2 aromatic rings. The summed E-state index contributed by atoms with van der Waals surface area (Å²) in [5.74, 6) is 0.524. The van der Waals surface area contributed by atoms with E-state index in [2.05, 4.69) is 5.32 Å². The van der Waals surface area contributed by atoms with Crippen LogP contribution in [0.3, 0.4) is 0 Å². The van der Waals surface area contributed by atoms with Crippen LogP contribution < -0.4 is 10.1 Å². The summed E-state index contributed by atoms with van der Waals surface area (Å²) in [6.07, 6.45) is -0.513. The molecule has 0 aromatic heterocycles. The van der Waals surface area contributed by atoms with Gasteiger partial charge in [-0.3, -0.25) is 4.79 Å². The lowest BCUT2D eigenvalue weighted by Crippen LogP contribution is -2.36. The molecule has 0 saturated carbocycles. The number of halogens is 1. The van der Waals surface area contributed by atoms with Crippen molar-refractivity contribution in [3.05, 3.63) is 65.2 Å². The molecule has 1 atom stereocenters. The highest BCUT2D eigenvalue weighted by atomic mass is 35.5. The zero-order chi connectivity index (χ0) is 16.5. The van der Waals surface area contributed by atoms with Crippen molar-refractivity contribution in [3.8, 4) is 5.75 Å². The lowest BCUT2D eigenvalue weighted by Gasteiger charge is -2.14. The largest absolute Gasteiger partial charge is 0.492 e. The van der Waals surface area contributed by atoms with Gasteiger partial charge in [-0.25, -0.2) is 0 Å². The number of carbonyl (C=O) groups excluding carboxylic acids is 1. The van der Waals surface area contributed by atoms with Gasteiger partial charge >= 0.3 is 0 Å². The van der Waals surface area contributed by atoms with E-state index in [1.807, 2.05) is 42.5 Å². The molecule has 0 bridgehead atoms. The van der Waals surface area contributed by atoms with Crippen molar-refractivity contribution >= 4 is 17.5 Å². The molecular formula is C18H20ClNO3. The van der Waals surface area contributed by atoms with Crippen LogP contribution in [-0.4, -0.2) is 25.2 Å². The van der Waals surface area contributed by atoms with Crippen molar-refractivity contribution in [2.24, 2.45) is 0 Å². The standard InChI is InChI=1S/C18H20ClNO3/c1-14(23-13-15-6-3-2-4-7-15)18(21)20-10-11-22-17-9-5-8-16(19)12-17/h2-9,12,14H,10-11,13H2,1H3,(H,20,21). The second kappa shape index (κ2) is 9.18. The quantitative estimate of drug-likeness (QED) is 0.753. The minimum absolute atomic E-state index is 0.157. The van der Waals surface area contributed by atoms with Crippen molar-refractivity contribution in [3.63, 3.8) is 0 Å². The van der Waals surface area contributed by atoms with E-state index >= 15 is 0 Å². The Morgan fingerprint density at radius 2 is 1.96 bits per heavy atom. The maximum atomic E-state index is 11.9. The molecule has 122 valence electrons. The monoisotopic (exact) mass is 333 g/mol. The first-order chi connectivity index (χ1) is 11.1. The minimum Gasteiger partial charge on any atom is -0.492 e. The SMILES string of the molecule is CC(OCc1ccccc1)C(=O)NCCOc1cccc(Cl)c1. The first-order valence-electron chi connectivity index (χ1n) is 7.47. The first kappa shape index (κ1) is 17.3. The van der Waals surface area contributed by atoms with Gasteiger partial charge in [-0.1, -0.05) is 48.0 Å². The van der Waals surface area contributed by atoms with Gasteiger partial charge in [-0.05, 0) is 30.7 Å². The van der Waals surface area contributed by atoms with Crippen molar-refractivity contribution in [1.29, 1.82) is 0 Å². The molecule has 0 spiro atoms. The molecule has 0 saturated heterocycles. The van der Waals surface area contributed by atoms with Crippen LogP contribution >= 0.6 is 11.6 Å². The minimum atomic E-state index is -0.513. The second-order valence-electron chi connectivity index (χ2n) is 5.04. The Morgan fingerprint density at radius 3 is 2.70 bits per heavy atom. The molecule has 0 aliphatic rings. The van der Waals surface area contributed by atoms with E-state index in [4.69, 9.17) is 21.1 Å². The highest BCUT2D eigenvalue weighted by Crippen LogP contribution is 2.16. The molecule has 0 fully saturated rings. The number of nitrogens with one attached hydrogen (secondary N) is 1. The van der Waals surface area contributed by atoms with Crippen molar-refractivity contribution in [2.45, 2.75) is 19.6 Å². The van der Waals surface area contributed by atoms with Crippen LogP contribution in [0.25, 0.3) is 0 Å². The predicted molar refractivity (Wildman–Crippen MR) is 90.6 cm³/mol. The fourth-order valence-electron chi connectivity index (χ4n) is 1.91. The Balaban J connectivity index is 1.64. The van der Waals surface area contributed by atoms with Crippen LogP contribution in [0.4, 0.5) is 0 Å². The average molecular weight is 334 g/mol. The van der Waals surface area contributed by atoms with Crippen LogP contribution in [0.1, 0.15) is 12.5 Å². The summed E-state index contributed by atoms with van der Waals surface area (Å²) in [5.41, 5.74) is 1.04. The molecule has 4 nitrogen and oxygen atoms in total. The molecule has 1 N–H and O–H groups in total. The Morgan fingerprint density at radius 1 is 1.17 bits per heavy atom. The molecule has 0 aliphatic heterocycles. The molecule has 5 heteroatoms. The summed E-state index contributed by atoms with van der Waals surface area (Å²) in [6.45, 7) is 2.92. The topological polar surface area (TPSA) is 47.6 Å². The number of benzene rings is 2. The summed E-state index contributed by atoms with van der Waals surface area (Å²) in [4.78, 5) is 11.9. The maximum Gasteiger partial charge on any atom is 0.248 e. The van der Waals surface area contributed by atoms with Gasteiger partial charge in [-0.15, -0.1) is 0 Å². The van der Waals surface area contributed by atoms with Gasteiger partial charge in [0, 0.05) is 5.02 Å². The van der Waals surface area contributed by atoms with E-state index in [1.165, 1.54) is 0 Å². The summed E-state index contributed by atoms with van der Waals surface area (Å²) >= 11 is 5.87. The third-order valence-electron chi connectivity index (χ3n) is 3.18. The number of amides is 1. The van der Waals surface area contributed by atoms with Gasteiger partial charge < -0.3 is 14.8 Å². The van der Waals surface area contributed by atoms with E-state index in [-0.39, 0.29) is 5.91 Å². The maximum absolute atomic E-state index is 11.9. The molecule has 1 amide bonds. The van der Waals surface area contributed by atoms with Gasteiger partial charge in [0.05, 0.1) is 13.2 Å². The first-order valence-corrected chi connectivity index (χ1v) is 7.84. The summed E-state index contributed by atoms with van der Waals surface area (Å²) in [7, 11) is 0. The Kier molecular flexibility index (Phi) is 6.91. The summed E-state index contributed by atoms with van der Waals surface area (Å²) in [6, 6.07) is 16.9. The highest BCUT2D eigenvalue weighted by Gasteiger charge is 2.12. The zero-order valence-electron chi connectivity index (χ0n) is 13.0.